The third-order valence-corrected chi connectivity index (χ3v) is 6.01. The zero-order valence-electron chi connectivity index (χ0n) is 19.3. The Balaban J connectivity index is 1.59. The van der Waals surface area contributed by atoms with Gasteiger partial charge in [-0.3, -0.25) is 4.79 Å². The maximum atomic E-state index is 13.5. The number of aromatic nitrogens is 2. The minimum atomic E-state index is -0.280. The standard InChI is InChI=1S/C26H29FN4O2/c1-30(2)26-28-16-23(19-9-11-21(27)12-10-19)25(29-26)20-7-5-13-31(17-20)24(32)15-18-6-4-8-22(14-18)33-3/h4,6,8-12,14,16,20H,5,7,13,15,17H2,1-3H3/t20-/m0/s1. The second kappa shape index (κ2) is 9.98. The first-order chi connectivity index (χ1) is 15.9. The normalized spacial score (nSPS) is 15.9. The Morgan fingerprint density at radius 2 is 2.00 bits per heavy atom. The Bertz CT molecular complexity index is 1120. The molecule has 0 aliphatic carbocycles. The van der Waals surface area contributed by atoms with E-state index in [4.69, 9.17) is 9.72 Å². The molecule has 0 unspecified atom stereocenters. The molecule has 1 fully saturated rings. The molecular weight excluding hydrogens is 419 g/mol. The molecule has 1 aromatic heterocycles. The fraction of sp³-hybridized carbons (Fsp3) is 0.346. The molecule has 0 spiro atoms. The van der Waals surface area contributed by atoms with E-state index in [1.807, 2.05) is 54.4 Å². The number of hydrogen-bond donors (Lipinski definition) is 0. The van der Waals surface area contributed by atoms with Crippen LogP contribution in [0.4, 0.5) is 10.3 Å². The first kappa shape index (κ1) is 22.7. The van der Waals surface area contributed by atoms with Gasteiger partial charge in [0.1, 0.15) is 11.6 Å². The molecule has 3 aromatic rings. The van der Waals surface area contributed by atoms with E-state index < -0.39 is 0 Å². The topological polar surface area (TPSA) is 58.6 Å². The molecule has 0 radical (unpaired) electrons. The molecule has 2 aromatic carbocycles. The highest BCUT2D eigenvalue weighted by atomic mass is 19.1. The number of rotatable bonds is 6. The lowest BCUT2D eigenvalue weighted by Crippen LogP contribution is -2.40. The lowest BCUT2D eigenvalue weighted by molar-refractivity contribution is -0.131. The van der Waals surface area contributed by atoms with E-state index in [0.717, 1.165) is 47.5 Å². The van der Waals surface area contributed by atoms with Crippen LogP contribution in [0.2, 0.25) is 0 Å². The Morgan fingerprint density at radius 3 is 2.73 bits per heavy atom. The lowest BCUT2D eigenvalue weighted by Gasteiger charge is -2.33. The summed E-state index contributed by atoms with van der Waals surface area (Å²) in [4.78, 5) is 26.3. The number of benzene rings is 2. The van der Waals surface area contributed by atoms with Gasteiger partial charge in [0.15, 0.2) is 0 Å². The van der Waals surface area contributed by atoms with E-state index in [-0.39, 0.29) is 17.6 Å². The Morgan fingerprint density at radius 1 is 1.21 bits per heavy atom. The molecule has 1 saturated heterocycles. The molecule has 6 nitrogen and oxygen atoms in total. The monoisotopic (exact) mass is 448 g/mol. The first-order valence-electron chi connectivity index (χ1n) is 11.2. The van der Waals surface area contributed by atoms with Crippen LogP contribution in [-0.2, 0) is 11.2 Å². The minimum absolute atomic E-state index is 0.0785. The Kier molecular flexibility index (Phi) is 6.87. The van der Waals surface area contributed by atoms with Crippen molar-refractivity contribution < 1.29 is 13.9 Å². The lowest BCUT2D eigenvalue weighted by atomic mass is 9.89. The third kappa shape index (κ3) is 5.30. The van der Waals surface area contributed by atoms with Gasteiger partial charge in [0, 0.05) is 44.9 Å². The van der Waals surface area contributed by atoms with Crippen LogP contribution in [0.15, 0.2) is 54.7 Å². The molecular formula is C26H29FN4O2. The maximum Gasteiger partial charge on any atom is 0.227 e. The van der Waals surface area contributed by atoms with Crippen molar-refractivity contribution in [2.75, 3.05) is 39.2 Å². The van der Waals surface area contributed by atoms with Gasteiger partial charge in [0.25, 0.3) is 0 Å². The van der Waals surface area contributed by atoms with Crippen molar-refractivity contribution in [2.45, 2.75) is 25.2 Å². The fourth-order valence-electron chi connectivity index (χ4n) is 4.26. The van der Waals surface area contributed by atoms with Gasteiger partial charge < -0.3 is 14.5 Å². The zero-order valence-corrected chi connectivity index (χ0v) is 19.3. The number of carbonyl (C=O) groups excluding carboxylic acids is 1. The second-order valence-electron chi connectivity index (χ2n) is 8.58. The molecule has 0 N–H and O–H groups in total. The van der Waals surface area contributed by atoms with Gasteiger partial charge in [0.05, 0.1) is 19.2 Å². The molecule has 0 bridgehead atoms. The molecule has 1 atom stereocenters. The molecule has 2 heterocycles. The summed E-state index contributed by atoms with van der Waals surface area (Å²) in [5.74, 6) is 1.26. The van der Waals surface area contributed by atoms with Crippen LogP contribution in [0.25, 0.3) is 11.1 Å². The molecule has 1 aliphatic heterocycles. The summed E-state index contributed by atoms with van der Waals surface area (Å²) in [5.41, 5.74) is 3.59. The van der Waals surface area contributed by atoms with Crippen LogP contribution in [0.3, 0.4) is 0 Å². The summed E-state index contributed by atoms with van der Waals surface area (Å²) >= 11 is 0. The summed E-state index contributed by atoms with van der Waals surface area (Å²) in [6, 6.07) is 14.0. The van der Waals surface area contributed by atoms with Gasteiger partial charge in [0.2, 0.25) is 11.9 Å². The quantitative estimate of drug-likeness (QED) is 0.563. The SMILES string of the molecule is COc1cccc(CC(=O)N2CCC[C@H](c3nc(N(C)C)ncc3-c3ccc(F)cc3)C2)c1. The van der Waals surface area contributed by atoms with Crippen molar-refractivity contribution in [3.63, 3.8) is 0 Å². The van der Waals surface area contributed by atoms with Gasteiger partial charge >= 0.3 is 0 Å². The number of carbonyl (C=O) groups is 1. The summed E-state index contributed by atoms with van der Waals surface area (Å²) < 4.78 is 18.8. The van der Waals surface area contributed by atoms with E-state index in [1.165, 1.54) is 12.1 Å². The highest BCUT2D eigenvalue weighted by Crippen LogP contribution is 2.34. The summed E-state index contributed by atoms with van der Waals surface area (Å²) in [6.45, 7) is 1.33. The summed E-state index contributed by atoms with van der Waals surface area (Å²) in [5, 5.41) is 0. The highest BCUT2D eigenvalue weighted by molar-refractivity contribution is 5.79. The highest BCUT2D eigenvalue weighted by Gasteiger charge is 2.28. The predicted octanol–water partition coefficient (Wildman–Crippen LogP) is 4.31. The van der Waals surface area contributed by atoms with Crippen LogP contribution < -0.4 is 9.64 Å². The average Bonchev–Trinajstić information content (AvgIpc) is 2.84. The zero-order chi connectivity index (χ0) is 23.4. The molecule has 0 saturated carbocycles. The van der Waals surface area contributed by atoms with Gasteiger partial charge in [-0.2, -0.15) is 0 Å². The van der Waals surface area contributed by atoms with Gasteiger partial charge in [-0.1, -0.05) is 24.3 Å². The smallest absolute Gasteiger partial charge is 0.227 e. The van der Waals surface area contributed by atoms with Gasteiger partial charge in [-0.15, -0.1) is 0 Å². The number of hydrogen-bond acceptors (Lipinski definition) is 5. The van der Waals surface area contributed by atoms with Crippen molar-refractivity contribution in [2.24, 2.45) is 0 Å². The summed E-state index contributed by atoms with van der Waals surface area (Å²) in [6.07, 6.45) is 3.98. The van der Waals surface area contributed by atoms with Crippen LogP contribution in [0, 0.1) is 5.82 Å². The number of halogens is 1. The van der Waals surface area contributed by atoms with Crippen LogP contribution in [0.1, 0.15) is 30.0 Å². The number of piperidine rings is 1. The molecule has 7 heteroatoms. The Hall–Kier alpha value is -3.48. The van der Waals surface area contributed by atoms with E-state index >= 15 is 0 Å². The van der Waals surface area contributed by atoms with Crippen LogP contribution in [0.5, 0.6) is 5.75 Å². The number of nitrogens with zero attached hydrogens (tertiary/aromatic N) is 4. The van der Waals surface area contributed by atoms with Crippen molar-refractivity contribution in [1.82, 2.24) is 14.9 Å². The fourth-order valence-corrected chi connectivity index (χ4v) is 4.26. The molecule has 33 heavy (non-hydrogen) atoms. The minimum Gasteiger partial charge on any atom is -0.497 e. The van der Waals surface area contributed by atoms with Crippen molar-refractivity contribution in [1.29, 1.82) is 0 Å². The third-order valence-electron chi connectivity index (χ3n) is 6.01. The number of ether oxygens (including phenoxy) is 1. The molecule has 4 rings (SSSR count). The van der Waals surface area contributed by atoms with E-state index in [9.17, 15) is 9.18 Å². The Labute approximate surface area is 194 Å². The predicted molar refractivity (Wildman–Crippen MR) is 127 cm³/mol. The van der Waals surface area contributed by atoms with E-state index in [0.29, 0.717) is 18.9 Å². The number of amides is 1. The second-order valence-corrected chi connectivity index (χ2v) is 8.58. The van der Waals surface area contributed by atoms with Crippen LogP contribution in [-0.4, -0.2) is 55.1 Å². The number of methoxy groups -OCH3 is 1. The maximum absolute atomic E-state index is 13.5. The van der Waals surface area contributed by atoms with Crippen molar-refractivity contribution in [3.8, 4) is 16.9 Å². The summed E-state index contributed by atoms with van der Waals surface area (Å²) in [7, 11) is 5.43. The number of likely N-dealkylation sites (tertiary alicyclic amines) is 1. The van der Waals surface area contributed by atoms with Crippen molar-refractivity contribution in [3.05, 3.63) is 71.8 Å². The molecule has 1 amide bonds. The van der Waals surface area contributed by atoms with E-state index in [2.05, 4.69) is 4.98 Å². The van der Waals surface area contributed by atoms with Crippen molar-refractivity contribution >= 4 is 11.9 Å². The van der Waals surface area contributed by atoms with E-state index in [1.54, 1.807) is 19.2 Å². The van der Waals surface area contributed by atoms with Gasteiger partial charge in [-0.25, -0.2) is 14.4 Å². The number of anilines is 1. The molecule has 172 valence electrons. The largest absolute Gasteiger partial charge is 0.497 e. The first-order valence-corrected chi connectivity index (χ1v) is 11.2. The average molecular weight is 449 g/mol. The molecule has 1 aliphatic rings. The van der Waals surface area contributed by atoms with Crippen LogP contribution >= 0.6 is 0 Å². The van der Waals surface area contributed by atoms with Gasteiger partial charge in [-0.05, 0) is 48.2 Å².